The van der Waals surface area contributed by atoms with Gasteiger partial charge in [0.2, 0.25) is 5.91 Å². The minimum Gasteiger partial charge on any atom is -0.309 e. The monoisotopic (exact) mass is 386 g/mol. The first-order valence-corrected chi connectivity index (χ1v) is 8.56. The summed E-state index contributed by atoms with van der Waals surface area (Å²) in [6, 6.07) is 3.26. The van der Waals surface area contributed by atoms with E-state index in [-0.39, 0.29) is 23.3 Å². The van der Waals surface area contributed by atoms with Crippen molar-refractivity contribution in [2.24, 2.45) is 5.92 Å². The normalized spacial score (nSPS) is 18.7. The van der Waals surface area contributed by atoms with Crippen LogP contribution in [0.25, 0.3) is 27.8 Å². The summed E-state index contributed by atoms with van der Waals surface area (Å²) in [4.78, 5) is 16.1. The number of alkyl halides is 1. The largest absolute Gasteiger partial charge is 0.309 e. The Balaban J connectivity index is 1.58. The number of aromatic nitrogens is 5. The van der Waals surface area contributed by atoms with Gasteiger partial charge in [0, 0.05) is 10.9 Å². The molecule has 1 amide bonds. The van der Waals surface area contributed by atoms with Crippen molar-refractivity contribution in [3.8, 4) is 11.3 Å². The maximum atomic E-state index is 14.3. The van der Waals surface area contributed by atoms with Gasteiger partial charge in [-0.25, -0.2) is 22.7 Å². The van der Waals surface area contributed by atoms with Gasteiger partial charge in [-0.05, 0) is 31.0 Å². The second-order valence-electron chi connectivity index (χ2n) is 6.78. The molecule has 1 fully saturated rings. The van der Waals surface area contributed by atoms with Crippen LogP contribution in [0.4, 0.5) is 19.0 Å². The molecule has 3 heterocycles. The highest BCUT2D eigenvalue weighted by Gasteiger charge is 2.43. The number of nitrogens with one attached hydrogen (secondary N) is 2. The number of hydrogen-bond acceptors (Lipinski definition) is 4. The number of fused-ring (bicyclic) bond motifs is 2. The Morgan fingerprint density at radius 2 is 2.11 bits per heavy atom. The lowest BCUT2D eigenvalue weighted by Gasteiger charge is -2.09. The fourth-order valence-electron chi connectivity index (χ4n) is 3.29. The fourth-order valence-corrected chi connectivity index (χ4v) is 3.29. The molecule has 3 aromatic heterocycles. The van der Waals surface area contributed by atoms with Crippen molar-refractivity contribution in [3.05, 3.63) is 41.7 Å². The lowest BCUT2D eigenvalue weighted by atomic mass is 10.00. The predicted octanol–water partition coefficient (Wildman–Crippen LogP) is 3.16. The van der Waals surface area contributed by atoms with E-state index in [1.54, 1.807) is 12.1 Å². The van der Waals surface area contributed by atoms with Crippen molar-refractivity contribution in [1.82, 2.24) is 24.8 Å². The zero-order valence-electron chi connectivity index (χ0n) is 14.5. The molecule has 2 atom stereocenters. The Hall–Kier alpha value is -3.43. The van der Waals surface area contributed by atoms with Crippen LogP contribution < -0.4 is 5.32 Å². The molecule has 0 aliphatic heterocycles. The molecule has 10 heteroatoms. The van der Waals surface area contributed by atoms with Gasteiger partial charge in [0.15, 0.2) is 23.1 Å². The summed E-state index contributed by atoms with van der Waals surface area (Å²) in [6.45, 7) is 1.47. The highest BCUT2D eigenvalue weighted by Crippen LogP contribution is 2.35. The average molecular weight is 386 g/mol. The number of aromatic amines is 1. The van der Waals surface area contributed by atoms with Gasteiger partial charge in [0.05, 0.1) is 24.0 Å². The van der Waals surface area contributed by atoms with Crippen LogP contribution in [0.15, 0.2) is 24.5 Å². The molecule has 0 radical (unpaired) electrons. The fraction of sp³-hybridized carbons (Fsp3) is 0.222. The van der Waals surface area contributed by atoms with Crippen LogP contribution in [0.3, 0.4) is 0 Å². The molecule has 1 saturated carbocycles. The lowest BCUT2D eigenvalue weighted by molar-refractivity contribution is -0.117. The molecule has 28 heavy (non-hydrogen) atoms. The average Bonchev–Trinajstić information content (AvgIpc) is 3.06. The van der Waals surface area contributed by atoms with Crippen molar-refractivity contribution in [3.63, 3.8) is 0 Å². The third-order valence-corrected chi connectivity index (χ3v) is 4.90. The van der Waals surface area contributed by atoms with Crippen molar-refractivity contribution in [1.29, 1.82) is 0 Å². The number of H-pyrrole nitrogens is 1. The molecule has 4 aromatic rings. The Bertz CT molecular complexity index is 1260. The molecule has 142 valence electrons. The molecule has 7 nitrogen and oxygen atoms in total. The summed E-state index contributed by atoms with van der Waals surface area (Å²) in [5, 5.41) is 13.6. The quantitative estimate of drug-likeness (QED) is 0.566. The molecule has 2 N–H and O–H groups in total. The second kappa shape index (κ2) is 5.78. The van der Waals surface area contributed by atoms with Crippen molar-refractivity contribution in [2.75, 3.05) is 5.32 Å². The van der Waals surface area contributed by atoms with E-state index in [0.29, 0.717) is 22.3 Å². The van der Waals surface area contributed by atoms with E-state index in [1.165, 1.54) is 23.8 Å². The summed E-state index contributed by atoms with van der Waals surface area (Å²) >= 11 is 0. The first-order valence-electron chi connectivity index (χ1n) is 8.56. The van der Waals surface area contributed by atoms with Crippen LogP contribution in [-0.4, -0.2) is 36.9 Å². The van der Waals surface area contributed by atoms with E-state index in [2.05, 4.69) is 25.6 Å². The molecule has 0 bridgehead atoms. The van der Waals surface area contributed by atoms with Crippen LogP contribution in [0.2, 0.25) is 0 Å². The molecule has 1 aromatic carbocycles. The van der Waals surface area contributed by atoms with Crippen molar-refractivity contribution in [2.45, 2.75) is 19.5 Å². The van der Waals surface area contributed by atoms with E-state index >= 15 is 0 Å². The minimum atomic E-state index is -1.10. The molecule has 2 unspecified atom stereocenters. The summed E-state index contributed by atoms with van der Waals surface area (Å²) in [6.07, 6.45) is 2.01. The zero-order chi connectivity index (χ0) is 19.6. The number of benzene rings is 1. The lowest BCUT2D eigenvalue weighted by Crippen LogP contribution is -2.15. The molecule has 0 saturated heterocycles. The van der Waals surface area contributed by atoms with Gasteiger partial charge in [0.1, 0.15) is 11.7 Å². The van der Waals surface area contributed by atoms with E-state index in [0.717, 1.165) is 0 Å². The standard InChI is InChI=1S/C18H13F3N6O/c1-7-14(9-5-22-25-17(9)16(21)15(7)20)11-2-3-13-23-12(6-27(13)26-11)24-18(28)8-4-10(8)19/h2-3,5-6,8,10H,4H2,1H3,(H,22,25)(H,24,28). The van der Waals surface area contributed by atoms with Crippen LogP contribution in [-0.2, 0) is 4.79 Å². The highest BCUT2D eigenvalue weighted by molar-refractivity contribution is 5.96. The number of halogens is 3. The van der Waals surface area contributed by atoms with Crippen LogP contribution >= 0.6 is 0 Å². The van der Waals surface area contributed by atoms with Crippen molar-refractivity contribution >= 4 is 28.3 Å². The number of hydrogen-bond donors (Lipinski definition) is 2. The number of anilines is 1. The Kier molecular flexibility index (Phi) is 3.45. The SMILES string of the molecule is Cc1c(F)c(F)c2[nH]ncc2c1-c1ccc2nc(NC(=O)C3CC3F)cn2n1. The van der Waals surface area contributed by atoms with E-state index in [4.69, 9.17) is 0 Å². The number of rotatable bonds is 3. The Morgan fingerprint density at radius 3 is 2.86 bits per heavy atom. The highest BCUT2D eigenvalue weighted by atomic mass is 19.2. The van der Waals surface area contributed by atoms with Gasteiger partial charge in [-0.15, -0.1) is 0 Å². The first kappa shape index (κ1) is 16.7. The topological polar surface area (TPSA) is 88.0 Å². The third-order valence-electron chi connectivity index (χ3n) is 4.90. The number of imidazole rings is 1. The van der Waals surface area contributed by atoms with Gasteiger partial charge in [-0.1, -0.05) is 0 Å². The van der Waals surface area contributed by atoms with Gasteiger partial charge < -0.3 is 5.32 Å². The predicted molar refractivity (Wildman–Crippen MR) is 94.4 cm³/mol. The van der Waals surface area contributed by atoms with Gasteiger partial charge in [-0.2, -0.15) is 10.2 Å². The number of carbonyl (C=O) groups excluding carboxylic acids is 1. The second-order valence-corrected chi connectivity index (χ2v) is 6.78. The zero-order valence-corrected chi connectivity index (χ0v) is 14.5. The third kappa shape index (κ3) is 2.44. The summed E-state index contributed by atoms with van der Waals surface area (Å²) < 4.78 is 42.9. The number of nitrogens with zero attached hydrogens (tertiary/aromatic N) is 4. The van der Waals surface area contributed by atoms with E-state index < -0.39 is 29.6 Å². The van der Waals surface area contributed by atoms with Crippen LogP contribution in [0, 0.1) is 24.5 Å². The maximum absolute atomic E-state index is 14.3. The Labute approximate surface area is 155 Å². The van der Waals surface area contributed by atoms with Gasteiger partial charge in [-0.3, -0.25) is 9.89 Å². The van der Waals surface area contributed by atoms with E-state index in [9.17, 15) is 18.0 Å². The van der Waals surface area contributed by atoms with Gasteiger partial charge in [0.25, 0.3) is 0 Å². The molecule has 0 spiro atoms. The van der Waals surface area contributed by atoms with Crippen molar-refractivity contribution < 1.29 is 18.0 Å². The van der Waals surface area contributed by atoms with E-state index in [1.807, 2.05) is 0 Å². The van der Waals surface area contributed by atoms with Crippen LogP contribution in [0.5, 0.6) is 0 Å². The Morgan fingerprint density at radius 1 is 1.32 bits per heavy atom. The summed E-state index contributed by atoms with van der Waals surface area (Å²) in [7, 11) is 0. The van der Waals surface area contributed by atoms with Gasteiger partial charge >= 0.3 is 0 Å². The number of amides is 1. The molecule has 1 aliphatic rings. The molecule has 5 rings (SSSR count). The van der Waals surface area contributed by atoms with Crippen LogP contribution in [0.1, 0.15) is 12.0 Å². The minimum absolute atomic E-state index is 0.0382. The maximum Gasteiger partial charge on any atom is 0.231 e. The molecular weight excluding hydrogens is 373 g/mol. The first-order chi connectivity index (χ1) is 13.4. The summed E-state index contributed by atoms with van der Waals surface area (Å²) in [5.74, 6) is -2.78. The summed E-state index contributed by atoms with van der Waals surface area (Å²) in [5.41, 5.74) is 1.30. The number of carbonyl (C=O) groups is 1. The molecule has 1 aliphatic carbocycles. The smallest absolute Gasteiger partial charge is 0.231 e. The molecular formula is C18H13F3N6O.